The number of urea groups is 1. The van der Waals surface area contributed by atoms with Crippen LogP contribution in [-0.2, 0) is 16.0 Å². The number of rotatable bonds is 5. The van der Waals surface area contributed by atoms with Gasteiger partial charge < -0.3 is 25.8 Å². The zero-order valence-electron chi connectivity index (χ0n) is 21.0. The van der Waals surface area contributed by atoms with E-state index < -0.39 is 6.04 Å². The number of carbonyl (C=O) groups excluding carboxylic acids is 3. The van der Waals surface area contributed by atoms with Crippen LogP contribution in [0.4, 0.5) is 10.5 Å². The molecule has 3 aliphatic heterocycles. The summed E-state index contributed by atoms with van der Waals surface area (Å²) in [5.74, 6) is 1.56. The lowest BCUT2D eigenvalue weighted by Gasteiger charge is -2.40. The summed E-state index contributed by atoms with van der Waals surface area (Å²) in [5.41, 5.74) is 7.55. The third-order valence-electron chi connectivity index (χ3n) is 8.06. The summed E-state index contributed by atoms with van der Waals surface area (Å²) < 4.78 is 1.50. The van der Waals surface area contributed by atoms with Crippen LogP contribution in [0.5, 0.6) is 0 Å². The van der Waals surface area contributed by atoms with Gasteiger partial charge in [-0.2, -0.15) is 0 Å². The van der Waals surface area contributed by atoms with Crippen LogP contribution in [0.25, 0.3) is 0 Å². The van der Waals surface area contributed by atoms with Crippen molar-refractivity contribution in [1.82, 2.24) is 20.0 Å². The number of amides is 3. The second-order valence-electron chi connectivity index (χ2n) is 10.5. The molecule has 0 radical (unpaired) electrons. The first-order valence-corrected chi connectivity index (χ1v) is 14.6. The van der Waals surface area contributed by atoms with Gasteiger partial charge in [0, 0.05) is 54.4 Å². The minimum atomic E-state index is -0.683. The summed E-state index contributed by atoms with van der Waals surface area (Å²) >= 11 is 6.97. The van der Waals surface area contributed by atoms with Gasteiger partial charge in [-0.25, -0.2) is 4.79 Å². The number of Topliss-reactive ketones (excluding diaryl/α,β-unsaturated/α-hetero) is 1. The summed E-state index contributed by atoms with van der Waals surface area (Å²) in [6, 6.07) is 2.84. The standard InChI is InChI=1S/C26H37Br2N5O3/c1-31-8-2-18(3-9-31)19-4-10-32(11-5-19)25(35)23(16-17-14-21(27)24(29)22(28)15-17)30-26(36)33-12-6-20(34)7-13-33/h14-15,18-19,23H,2-13,16,29H2,1H3,(H,30,36)/t23-/m1/s1. The van der Waals surface area contributed by atoms with Crippen molar-refractivity contribution in [2.45, 2.75) is 51.0 Å². The molecule has 3 N–H and O–H groups in total. The Balaban J connectivity index is 1.43. The Kier molecular flexibility index (Phi) is 9.33. The van der Waals surface area contributed by atoms with Crippen molar-refractivity contribution in [3.63, 3.8) is 0 Å². The van der Waals surface area contributed by atoms with Crippen LogP contribution in [-0.4, -0.2) is 84.8 Å². The Hall–Kier alpha value is -1.65. The molecule has 0 aromatic heterocycles. The molecule has 3 saturated heterocycles. The van der Waals surface area contributed by atoms with Crippen molar-refractivity contribution in [2.75, 3.05) is 52.0 Å². The first-order valence-electron chi connectivity index (χ1n) is 13.0. The highest BCUT2D eigenvalue weighted by molar-refractivity contribution is 9.11. The highest BCUT2D eigenvalue weighted by atomic mass is 79.9. The molecule has 0 aliphatic carbocycles. The van der Waals surface area contributed by atoms with Crippen LogP contribution in [0.15, 0.2) is 21.1 Å². The minimum Gasteiger partial charge on any atom is -0.397 e. The van der Waals surface area contributed by atoms with Crippen molar-refractivity contribution in [2.24, 2.45) is 11.8 Å². The summed E-state index contributed by atoms with van der Waals surface area (Å²) in [5, 5.41) is 3.00. The summed E-state index contributed by atoms with van der Waals surface area (Å²) in [6.07, 6.45) is 5.63. The zero-order chi connectivity index (χ0) is 25.8. The van der Waals surface area contributed by atoms with Gasteiger partial charge >= 0.3 is 6.03 Å². The molecule has 0 unspecified atom stereocenters. The van der Waals surface area contributed by atoms with Crippen LogP contribution >= 0.6 is 31.9 Å². The maximum atomic E-state index is 13.7. The SMILES string of the molecule is CN1CCC(C2CCN(C(=O)[C@@H](Cc3cc(Br)c(N)c(Br)c3)NC(=O)N3CCC(=O)CC3)CC2)CC1. The number of nitrogens with zero attached hydrogens (tertiary/aromatic N) is 3. The lowest BCUT2D eigenvalue weighted by Crippen LogP contribution is -2.55. The second kappa shape index (κ2) is 12.3. The number of hydrogen-bond donors (Lipinski definition) is 2. The number of likely N-dealkylation sites (tertiary alicyclic amines) is 3. The molecule has 3 amide bonds. The van der Waals surface area contributed by atoms with Gasteiger partial charge in [0.1, 0.15) is 11.8 Å². The number of hydrogen-bond acceptors (Lipinski definition) is 5. The summed E-state index contributed by atoms with van der Waals surface area (Å²) in [4.78, 5) is 44.4. The molecule has 10 heteroatoms. The van der Waals surface area contributed by atoms with E-state index in [0.717, 1.165) is 59.4 Å². The number of piperidine rings is 3. The number of nitrogens with one attached hydrogen (secondary N) is 1. The van der Waals surface area contributed by atoms with Crippen LogP contribution in [0.3, 0.4) is 0 Å². The number of benzene rings is 1. The molecule has 0 spiro atoms. The smallest absolute Gasteiger partial charge is 0.318 e. The van der Waals surface area contributed by atoms with Crippen molar-refractivity contribution >= 4 is 55.3 Å². The van der Waals surface area contributed by atoms with Crippen molar-refractivity contribution in [1.29, 1.82) is 0 Å². The Morgan fingerprint density at radius 1 is 0.944 bits per heavy atom. The molecule has 1 atom stereocenters. The number of nitrogens with two attached hydrogens (primary N) is 1. The maximum absolute atomic E-state index is 13.7. The largest absolute Gasteiger partial charge is 0.397 e. The Morgan fingerprint density at radius 2 is 1.47 bits per heavy atom. The van der Waals surface area contributed by atoms with Gasteiger partial charge in [0.15, 0.2) is 0 Å². The maximum Gasteiger partial charge on any atom is 0.318 e. The fraction of sp³-hybridized carbons (Fsp3) is 0.654. The van der Waals surface area contributed by atoms with Crippen LogP contribution in [0.2, 0.25) is 0 Å². The highest BCUT2D eigenvalue weighted by Crippen LogP contribution is 2.33. The number of anilines is 1. The fourth-order valence-corrected chi connectivity index (χ4v) is 6.98. The third-order valence-corrected chi connectivity index (χ3v) is 9.38. The van der Waals surface area contributed by atoms with E-state index in [9.17, 15) is 14.4 Å². The van der Waals surface area contributed by atoms with Crippen LogP contribution in [0.1, 0.15) is 44.1 Å². The van der Waals surface area contributed by atoms with E-state index in [0.29, 0.717) is 44.0 Å². The number of halogens is 2. The van der Waals surface area contributed by atoms with E-state index >= 15 is 0 Å². The predicted octanol–water partition coefficient (Wildman–Crippen LogP) is 3.66. The molecule has 4 rings (SSSR count). The van der Waals surface area contributed by atoms with Gasteiger partial charge in [0.25, 0.3) is 0 Å². The summed E-state index contributed by atoms with van der Waals surface area (Å²) in [7, 11) is 2.19. The monoisotopic (exact) mass is 625 g/mol. The van der Waals surface area contributed by atoms with Crippen molar-refractivity contribution in [3.8, 4) is 0 Å². The molecular formula is C26H37Br2N5O3. The van der Waals surface area contributed by atoms with Gasteiger partial charge in [-0.1, -0.05) is 0 Å². The molecule has 8 nitrogen and oxygen atoms in total. The molecule has 3 aliphatic rings. The normalized spacial score (nSPS) is 21.5. The number of ketones is 1. The fourth-order valence-electron chi connectivity index (χ4n) is 5.70. The Labute approximate surface area is 230 Å². The molecule has 0 saturated carbocycles. The first kappa shape index (κ1) is 27.4. The van der Waals surface area contributed by atoms with Crippen LogP contribution < -0.4 is 11.1 Å². The van der Waals surface area contributed by atoms with Gasteiger partial charge in [-0.15, -0.1) is 0 Å². The molecule has 1 aromatic rings. The van der Waals surface area contributed by atoms with Gasteiger partial charge in [0.2, 0.25) is 5.91 Å². The van der Waals surface area contributed by atoms with Crippen molar-refractivity contribution < 1.29 is 14.4 Å². The second-order valence-corrected chi connectivity index (χ2v) is 12.2. The van der Waals surface area contributed by atoms with Crippen molar-refractivity contribution in [3.05, 3.63) is 26.6 Å². The molecule has 3 heterocycles. The van der Waals surface area contributed by atoms with E-state index in [1.807, 2.05) is 17.0 Å². The number of nitrogen functional groups attached to an aromatic ring is 1. The lowest BCUT2D eigenvalue weighted by atomic mass is 9.79. The molecule has 1 aromatic carbocycles. The molecule has 198 valence electrons. The van der Waals surface area contributed by atoms with E-state index in [1.54, 1.807) is 4.90 Å². The average molecular weight is 627 g/mol. The average Bonchev–Trinajstić information content (AvgIpc) is 2.87. The first-order chi connectivity index (χ1) is 17.2. The van der Waals surface area contributed by atoms with E-state index in [4.69, 9.17) is 5.73 Å². The summed E-state index contributed by atoms with van der Waals surface area (Å²) in [6.45, 7) is 4.57. The molecular weight excluding hydrogens is 590 g/mol. The van der Waals surface area contributed by atoms with Gasteiger partial charge in [0.05, 0.1) is 5.69 Å². The quantitative estimate of drug-likeness (QED) is 0.486. The lowest BCUT2D eigenvalue weighted by molar-refractivity contribution is -0.135. The topological polar surface area (TPSA) is 99.0 Å². The molecule has 0 bridgehead atoms. The Morgan fingerprint density at radius 3 is 2.03 bits per heavy atom. The highest BCUT2D eigenvalue weighted by Gasteiger charge is 2.34. The molecule has 3 fully saturated rings. The van der Waals surface area contributed by atoms with E-state index in [-0.39, 0.29) is 17.7 Å². The number of carbonyl (C=O) groups is 3. The van der Waals surface area contributed by atoms with Gasteiger partial charge in [-0.3, -0.25) is 9.59 Å². The Bertz CT molecular complexity index is 941. The van der Waals surface area contributed by atoms with E-state index in [2.05, 4.69) is 49.1 Å². The van der Waals surface area contributed by atoms with Gasteiger partial charge in [-0.05, 0) is 107 Å². The van der Waals surface area contributed by atoms with Crippen LogP contribution in [0, 0.1) is 11.8 Å². The van der Waals surface area contributed by atoms with E-state index in [1.165, 1.54) is 12.8 Å². The zero-order valence-corrected chi connectivity index (χ0v) is 24.2. The predicted molar refractivity (Wildman–Crippen MR) is 148 cm³/mol. The minimum absolute atomic E-state index is 0.0395. The third kappa shape index (κ3) is 6.81. The molecule has 36 heavy (non-hydrogen) atoms.